The van der Waals surface area contributed by atoms with E-state index in [0.29, 0.717) is 0 Å². The summed E-state index contributed by atoms with van der Waals surface area (Å²) in [4.78, 5) is 0. The van der Waals surface area contributed by atoms with Crippen molar-refractivity contribution < 1.29 is 5.11 Å². The molecule has 0 unspecified atom stereocenters. The van der Waals surface area contributed by atoms with Gasteiger partial charge in [-0.2, -0.15) is 10.5 Å². The third kappa shape index (κ3) is 2.75. The Hall–Kier alpha value is -2.72. The van der Waals surface area contributed by atoms with Gasteiger partial charge >= 0.3 is 0 Å². The molecule has 0 bridgehead atoms. The maximum Gasteiger partial charge on any atom is 0.216 e. The molecule has 3 N–H and O–H groups in total. The van der Waals surface area contributed by atoms with Crippen molar-refractivity contribution in [1.82, 2.24) is 20.6 Å². The van der Waals surface area contributed by atoms with Gasteiger partial charge in [-0.05, 0) is 29.3 Å². The number of aromatic amines is 1. The summed E-state index contributed by atoms with van der Waals surface area (Å²) >= 11 is 0. The van der Waals surface area contributed by atoms with Gasteiger partial charge in [-0.1, -0.05) is 12.1 Å². The van der Waals surface area contributed by atoms with Crippen molar-refractivity contribution in [3.05, 3.63) is 41.4 Å². The Morgan fingerprint density at radius 2 is 2.42 bits per heavy atom. The van der Waals surface area contributed by atoms with Crippen LogP contribution in [0.2, 0.25) is 0 Å². The number of nitriles is 1. The predicted octanol–water partition coefficient (Wildman–Crippen LogP) is 0.977. The Labute approximate surface area is 109 Å². The molecule has 2 aromatic rings. The zero-order chi connectivity index (χ0) is 13.7. The predicted molar refractivity (Wildman–Crippen MR) is 68.5 cm³/mol. The molecule has 0 amide bonds. The first kappa shape index (κ1) is 12.7. The molecule has 1 heterocycles. The molecule has 7 nitrogen and oxygen atoms in total. The molecule has 19 heavy (non-hydrogen) atoms. The first-order valence-electron chi connectivity index (χ1n) is 5.56. The van der Waals surface area contributed by atoms with E-state index in [1.165, 1.54) is 6.20 Å². The minimum Gasteiger partial charge on any atom is -0.392 e. The molecule has 0 spiro atoms. The average molecular weight is 256 g/mol. The number of nitrogens with zero attached hydrogens (tertiary/aromatic N) is 4. The first-order chi connectivity index (χ1) is 9.26. The number of rotatable bonds is 4. The van der Waals surface area contributed by atoms with Crippen LogP contribution in [0.5, 0.6) is 0 Å². The number of aliphatic hydroxyl groups excluding tert-OH is 1. The molecule has 96 valence electrons. The summed E-state index contributed by atoms with van der Waals surface area (Å²) in [5.41, 5.74) is 2.83. The van der Waals surface area contributed by atoms with Gasteiger partial charge in [0.05, 0.1) is 6.61 Å². The average Bonchev–Trinajstić information content (AvgIpc) is 2.95. The fraction of sp³-hybridized carbons (Fsp3) is 0.167. The lowest BCUT2D eigenvalue weighted by Gasteiger charge is -2.09. The number of aliphatic hydroxyl groups is 1. The maximum atomic E-state index is 9.19. The van der Waals surface area contributed by atoms with Gasteiger partial charge in [0.1, 0.15) is 11.6 Å². The molecule has 1 aromatic carbocycles. The summed E-state index contributed by atoms with van der Waals surface area (Å²) in [7, 11) is 0. The number of anilines is 1. The van der Waals surface area contributed by atoms with Gasteiger partial charge in [0.2, 0.25) is 5.82 Å². The van der Waals surface area contributed by atoms with Crippen molar-refractivity contribution in [2.45, 2.75) is 13.5 Å². The Balaban J connectivity index is 2.25. The second-order valence-electron chi connectivity index (χ2n) is 3.80. The van der Waals surface area contributed by atoms with Gasteiger partial charge in [0.15, 0.2) is 0 Å². The molecular weight excluding hydrogens is 244 g/mol. The van der Waals surface area contributed by atoms with Gasteiger partial charge in [-0.25, -0.2) is 0 Å². The van der Waals surface area contributed by atoms with E-state index in [9.17, 15) is 5.11 Å². The van der Waals surface area contributed by atoms with Crippen molar-refractivity contribution in [3.63, 3.8) is 0 Å². The summed E-state index contributed by atoms with van der Waals surface area (Å²) in [6, 6.07) is 7.51. The largest absolute Gasteiger partial charge is 0.392 e. The monoisotopic (exact) mass is 256 g/mol. The topological polar surface area (TPSA) is 111 Å². The highest BCUT2D eigenvalue weighted by Crippen LogP contribution is 2.19. The van der Waals surface area contributed by atoms with E-state index in [1.54, 1.807) is 0 Å². The smallest absolute Gasteiger partial charge is 0.216 e. The van der Waals surface area contributed by atoms with Crippen LogP contribution < -0.4 is 5.32 Å². The minimum atomic E-state index is -0.0268. The summed E-state index contributed by atoms with van der Waals surface area (Å²) in [5.74, 6) is 0.228. The molecule has 0 radical (unpaired) electrons. The van der Waals surface area contributed by atoms with E-state index in [0.717, 1.165) is 16.8 Å². The van der Waals surface area contributed by atoms with Gasteiger partial charge in [-0.3, -0.25) is 0 Å². The van der Waals surface area contributed by atoms with Crippen molar-refractivity contribution in [1.29, 1.82) is 5.26 Å². The van der Waals surface area contributed by atoms with Crippen molar-refractivity contribution in [2.75, 3.05) is 5.32 Å². The molecule has 0 aliphatic heterocycles. The third-order valence-electron chi connectivity index (χ3n) is 2.70. The van der Waals surface area contributed by atoms with Crippen LogP contribution in [0, 0.1) is 18.3 Å². The normalized spacial score (nSPS) is 11.1. The number of allylic oxidation sites excluding steroid dienone is 1. The van der Waals surface area contributed by atoms with E-state index >= 15 is 0 Å². The van der Waals surface area contributed by atoms with Crippen LogP contribution in [0.15, 0.2) is 24.4 Å². The number of benzene rings is 1. The Morgan fingerprint density at radius 1 is 1.58 bits per heavy atom. The SMILES string of the molecule is Cc1c(CO)cccc1NC=C(C#N)c1nn[nH]n1. The highest BCUT2D eigenvalue weighted by atomic mass is 16.3. The lowest BCUT2D eigenvalue weighted by Crippen LogP contribution is -1.97. The lowest BCUT2D eigenvalue weighted by molar-refractivity contribution is 0.281. The molecule has 0 saturated carbocycles. The number of nitrogens with one attached hydrogen (secondary N) is 2. The van der Waals surface area contributed by atoms with Gasteiger partial charge < -0.3 is 10.4 Å². The van der Waals surface area contributed by atoms with Crippen LogP contribution >= 0.6 is 0 Å². The third-order valence-corrected chi connectivity index (χ3v) is 2.70. The molecule has 0 atom stereocenters. The highest BCUT2D eigenvalue weighted by Gasteiger charge is 2.06. The van der Waals surface area contributed by atoms with Gasteiger partial charge in [-0.15, -0.1) is 10.2 Å². The van der Waals surface area contributed by atoms with Gasteiger partial charge in [0, 0.05) is 11.9 Å². The number of hydrogen-bond donors (Lipinski definition) is 3. The van der Waals surface area contributed by atoms with Crippen molar-refractivity contribution in [2.24, 2.45) is 0 Å². The van der Waals surface area contributed by atoms with Crippen LogP contribution in [0.3, 0.4) is 0 Å². The minimum absolute atomic E-state index is 0.0268. The zero-order valence-corrected chi connectivity index (χ0v) is 10.3. The summed E-state index contributed by atoms with van der Waals surface area (Å²) in [6.45, 7) is 1.86. The first-order valence-corrected chi connectivity index (χ1v) is 5.56. The molecular formula is C12H12N6O. The summed E-state index contributed by atoms with van der Waals surface area (Å²) in [5, 5.41) is 34.4. The van der Waals surface area contributed by atoms with E-state index in [2.05, 4.69) is 25.9 Å². The standard InChI is InChI=1S/C12H12N6O/c1-8-9(7-19)3-2-4-11(8)14-6-10(5-13)12-15-17-18-16-12/h2-4,6,14,19H,7H2,1H3,(H,15,16,17,18). The number of H-pyrrole nitrogens is 1. The quantitative estimate of drug-likeness (QED) is 0.703. The number of hydrogen-bond acceptors (Lipinski definition) is 6. The van der Waals surface area contributed by atoms with Crippen molar-refractivity contribution in [3.8, 4) is 6.07 Å². The van der Waals surface area contributed by atoms with E-state index < -0.39 is 0 Å². The molecule has 0 aliphatic carbocycles. The molecule has 0 saturated heterocycles. The second kappa shape index (κ2) is 5.75. The van der Waals surface area contributed by atoms with Crippen molar-refractivity contribution >= 4 is 11.3 Å². The van der Waals surface area contributed by atoms with Crippen LogP contribution in [0.4, 0.5) is 5.69 Å². The molecule has 0 aliphatic rings. The van der Waals surface area contributed by atoms with E-state index in [4.69, 9.17) is 5.26 Å². The summed E-state index contributed by atoms with van der Waals surface area (Å²) < 4.78 is 0. The maximum absolute atomic E-state index is 9.19. The second-order valence-corrected chi connectivity index (χ2v) is 3.80. The van der Waals surface area contributed by atoms with E-state index in [1.807, 2.05) is 31.2 Å². The van der Waals surface area contributed by atoms with Crippen LogP contribution in [0.25, 0.3) is 5.57 Å². The van der Waals surface area contributed by atoms with Crippen LogP contribution in [0.1, 0.15) is 17.0 Å². The molecule has 7 heteroatoms. The number of tetrazole rings is 1. The van der Waals surface area contributed by atoms with E-state index in [-0.39, 0.29) is 18.0 Å². The van der Waals surface area contributed by atoms with Crippen LogP contribution in [-0.2, 0) is 6.61 Å². The Bertz CT molecular complexity index is 626. The summed E-state index contributed by atoms with van der Waals surface area (Å²) in [6.07, 6.45) is 1.51. The molecule has 2 rings (SSSR count). The lowest BCUT2D eigenvalue weighted by atomic mass is 10.1. The molecule has 0 fully saturated rings. The van der Waals surface area contributed by atoms with Crippen LogP contribution in [-0.4, -0.2) is 25.7 Å². The number of aromatic nitrogens is 4. The Morgan fingerprint density at radius 3 is 3.05 bits per heavy atom. The molecule has 1 aromatic heterocycles. The van der Waals surface area contributed by atoms with Gasteiger partial charge in [0.25, 0.3) is 0 Å². The fourth-order valence-corrected chi connectivity index (χ4v) is 1.58. The highest BCUT2D eigenvalue weighted by molar-refractivity contribution is 5.74. The fourth-order valence-electron chi connectivity index (χ4n) is 1.58. The Kier molecular flexibility index (Phi) is 3.85. The zero-order valence-electron chi connectivity index (χ0n) is 10.3.